The number of hydrogen-bond donors (Lipinski definition) is 1. The summed E-state index contributed by atoms with van der Waals surface area (Å²) in [5.41, 5.74) is 14.8. The van der Waals surface area contributed by atoms with Gasteiger partial charge in [-0.05, 0) is 61.8 Å². The van der Waals surface area contributed by atoms with Gasteiger partial charge in [0.25, 0.3) is 0 Å². The Bertz CT molecular complexity index is 3250. The molecule has 0 amide bonds. The van der Waals surface area contributed by atoms with Crippen LogP contribution < -0.4 is 5.32 Å². The van der Waals surface area contributed by atoms with E-state index in [1.165, 1.54) is 16.3 Å². The first-order valence-electron chi connectivity index (χ1n) is 21.6. The summed E-state index contributed by atoms with van der Waals surface area (Å²) in [6.45, 7) is 0. The van der Waals surface area contributed by atoms with Crippen molar-refractivity contribution in [2.75, 3.05) is 0 Å². The van der Waals surface area contributed by atoms with E-state index in [4.69, 9.17) is 20.0 Å². The van der Waals surface area contributed by atoms with Crippen LogP contribution in [0.2, 0.25) is 0 Å². The van der Waals surface area contributed by atoms with Crippen LogP contribution in [-0.2, 0) is 0 Å². The molecule has 1 N–H and O–H groups in total. The second-order valence-electron chi connectivity index (χ2n) is 15.9. The highest BCUT2D eigenvalue weighted by Crippen LogP contribution is 2.40. The maximum absolute atomic E-state index is 5.17. The fourth-order valence-corrected chi connectivity index (χ4v) is 8.51. The molecule has 0 saturated heterocycles. The number of benzene rings is 9. The minimum atomic E-state index is -0.272. The molecule has 0 radical (unpaired) electrons. The van der Waals surface area contributed by atoms with Gasteiger partial charge in [0.1, 0.15) is 12.0 Å². The van der Waals surface area contributed by atoms with Gasteiger partial charge in [0, 0.05) is 27.8 Å². The summed E-state index contributed by atoms with van der Waals surface area (Å²) in [5.74, 6) is 2.20. The molecule has 1 aliphatic rings. The summed E-state index contributed by atoms with van der Waals surface area (Å²) in [6.07, 6.45) is -0.272. The molecule has 64 heavy (non-hydrogen) atoms. The largest absolute Gasteiger partial charge is 0.344 e. The molecule has 1 unspecified atom stereocenters. The van der Waals surface area contributed by atoms with Crippen LogP contribution in [0.15, 0.2) is 247 Å². The number of amidine groups is 2. The van der Waals surface area contributed by atoms with E-state index in [1.807, 2.05) is 60.7 Å². The summed E-state index contributed by atoms with van der Waals surface area (Å²) >= 11 is 0. The van der Waals surface area contributed by atoms with Gasteiger partial charge >= 0.3 is 0 Å². The maximum Gasteiger partial charge on any atom is 0.160 e. The van der Waals surface area contributed by atoms with Crippen LogP contribution in [0, 0.1) is 0 Å². The lowest BCUT2D eigenvalue weighted by atomic mass is 9.88. The molecule has 0 spiro atoms. The second-order valence-corrected chi connectivity index (χ2v) is 15.9. The molecule has 11 rings (SSSR count). The average molecular weight is 820 g/mol. The Hall–Kier alpha value is -8.54. The Morgan fingerprint density at radius 3 is 1.55 bits per heavy atom. The van der Waals surface area contributed by atoms with Crippen LogP contribution in [-0.4, -0.2) is 21.6 Å². The molecule has 0 fully saturated rings. The number of rotatable bonds is 9. The van der Waals surface area contributed by atoms with Crippen molar-refractivity contribution in [2.24, 2.45) is 9.98 Å². The summed E-state index contributed by atoms with van der Waals surface area (Å²) in [5, 5.41) is 5.97. The fraction of sp³-hybridized carbons (Fsp3) is 0.0169. The zero-order valence-corrected chi connectivity index (χ0v) is 34.9. The standard InChI is InChI=1S/C59H41N5/c1-5-17-43(18-6-1)53-39-54(61-56(60-53)46-19-7-2-8-20-46)44-32-28-40(29-33-44)41-30-34-45(35-31-41)55-51-27-14-13-16-42(51)36-37-52(55)49-25-15-26-50(38-49)59-63-57(47-21-9-3-10-22-47)62-58(64-59)48-23-11-4-12-24-48/h1-39,57H,(H,62,63,64). The Kier molecular flexibility index (Phi) is 10.2. The van der Waals surface area contributed by atoms with Crippen molar-refractivity contribution in [3.63, 3.8) is 0 Å². The van der Waals surface area contributed by atoms with Crippen molar-refractivity contribution in [2.45, 2.75) is 6.17 Å². The molecule has 302 valence electrons. The molecule has 9 aromatic carbocycles. The number of nitrogens with zero attached hydrogens (tertiary/aromatic N) is 4. The van der Waals surface area contributed by atoms with Crippen molar-refractivity contribution in [3.8, 4) is 67.3 Å². The number of fused-ring (bicyclic) bond motifs is 1. The molecule has 1 aliphatic heterocycles. The van der Waals surface area contributed by atoms with Gasteiger partial charge in [-0.1, -0.05) is 224 Å². The molecular weight excluding hydrogens is 779 g/mol. The van der Waals surface area contributed by atoms with Gasteiger partial charge in [0.15, 0.2) is 11.7 Å². The Morgan fingerprint density at radius 1 is 0.359 bits per heavy atom. The molecule has 5 heteroatoms. The van der Waals surface area contributed by atoms with E-state index in [2.05, 4.69) is 181 Å². The van der Waals surface area contributed by atoms with Crippen LogP contribution in [0.25, 0.3) is 78.1 Å². The lowest BCUT2D eigenvalue weighted by Gasteiger charge is -2.24. The molecule has 0 saturated carbocycles. The van der Waals surface area contributed by atoms with Crippen LogP contribution in [0.3, 0.4) is 0 Å². The number of aromatic nitrogens is 2. The molecule has 0 aliphatic carbocycles. The smallest absolute Gasteiger partial charge is 0.160 e. The Morgan fingerprint density at radius 2 is 0.875 bits per heavy atom. The molecule has 10 aromatic rings. The highest BCUT2D eigenvalue weighted by molar-refractivity contribution is 6.13. The van der Waals surface area contributed by atoms with Gasteiger partial charge < -0.3 is 5.32 Å². The predicted octanol–water partition coefficient (Wildman–Crippen LogP) is 14.1. The molecule has 1 aromatic heterocycles. The summed E-state index contributed by atoms with van der Waals surface area (Å²) < 4.78 is 0. The predicted molar refractivity (Wildman–Crippen MR) is 264 cm³/mol. The van der Waals surface area contributed by atoms with Gasteiger partial charge in [-0.3, -0.25) is 0 Å². The molecule has 2 heterocycles. The van der Waals surface area contributed by atoms with E-state index < -0.39 is 0 Å². The number of aliphatic imine (C=N–C) groups is 2. The van der Waals surface area contributed by atoms with Gasteiger partial charge in [0.2, 0.25) is 0 Å². The molecule has 0 bridgehead atoms. The number of hydrogen-bond acceptors (Lipinski definition) is 5. The van der Waals surface area contributed by atoms with E-state index >= 15 is 0 Å². The second kappa shape index (κ2) is 17.1. The first-order chi connectivity index (χ1) is 31.7. The van der Waals surface area contributed by atoms with E-state index in [-0.39, 0.29) is 6.17 Å². The van der Waals surface area contributed by atoms with E-state index in [0.29, 0.717) is 11.7 Å². The fourth-order valence-electron chi connectivity index (χ4n) is 8.51. The summed E-state index contributed by atoms with van der Waals surface area (Å²) in [6, 6.07) is 82.5. The lowest BCUT2D eigenvalue weighted by Crippen LogP contribution is -2.33. The van der Waals surface area contributed by atoms with Crippen LogP contribution in [0.4, 0.5) is 0 Å². The first kappa shape index (κ1) is 38.4. The Labute approximate surface area is 372 Å². The van der Waals surface area contributed by atoms with Crippen LogP contribution in [0.5, 0.6) is 0 Å². The maximum atomic E-state index is 5.17. The summed E-state index contributed by atoms with van der Waals surface area (Å²) in [7, 11) is 0. The zero-order valence-electron chi connectivity index (χ0n) is 34.9. The quantitative estimate of drug-likeness (QED) is 0.158. The van der Waals surface area contributed by atoms with Crippen molar-refractivity contribution in [1.82, 2.24) is 15.3 Å². The lowest BCUT2D eigenvalue weighted by molar-refractivity contribution is 0.674. The third kappa shape index (κ3) is 7.79. The number of nitrogens with one attached hydrogen (secondary N) is 1. The first-order valence-corrected chi connectivity index (χ1v) is 21.6. The SMILES string of the molecule is c1ccc(C2=NC(c3cccc(-c4ccc5ccccc5c4-c4ccc(-c5ccc(-c6cc(-c7ccccc7)nc(-c7ccccc7)n6)cc5)cc4)c3)=NC(c3ccccc3)N2)cc1. The normalized spacial score (nSPS) is 13.5. The van der Waals surface area contributed by atoms with E-state index in [1.54, 1.807) is 0 Å². The van der Waals surface area contributed by atoms with Gasteiger partial charge in [-0.15, -0.1) is 0 Å². The zero-order chi connectivity index (χ0) is 42.7. The van der Waals surface area contributed by atoms with Crippen LogP contribution in [0.1, 0.15) is 22.9 Å². The van der Waals surface area contributed by atoms with Crippen molar-refractivity contribution in [3.05, 3.63) is 253 Å². The third-order valence-electron chi connectivity index (χ3n) is 11.8. The molecule has 5 nitrogen and oxygen atoms in total. The van der Waals surface area contributed by atoms with Crippen molar-refractivity contribution >= 4 is 22.4 Å². The highest BCUT2D eigenvalue weighted by Gasteiger charge is 2.22. The van der Waals surface area contributed by atoms with Crippen molar-refractivity contribution in [1.29, 1.82) is 0 Å². The monoisotopic (exact) mass is 819 g/mol. The molecule has 1 atom stereocenters. The Balaban J connectivity index is 0.935. The average Bonchev–Trinajstić information content (AvgIpc) is 3.39. The van der Waals surface area contributed by atoms with E-state index in [0.717, 1.165) is 78.4 Å². The molecular formula is C59H41N5. The van der Waals surface area contributed by atoms with Crippen molar-refractivity contribution < 1.29 is 0 Å². The highest BCUT2D eigenvalue weighted by atomic mass is 15.2. The third-order valence-corrected chi connectivity index (χ3v) is 11.8. The summed E-state index contributed by atoms with van der Waals surface area (Å²) in [4.78, 5) is 20.3. The topological polar surface area (TPSA) is 62.5 Å². The van der Waals surface area contributed by atoms with Crippen LogP contribution >= 0.6 is 0 Å². The minimum absolute atomic E-state index is 0.272. The van der Waals surface area contributed by atoms with Gasteiger partial charge in [0.05, 0.1) is 11.4 Å². The van der Waals surface area contributed by atoms with E-state index in [9.17, 15) is 0 Å². The minimum Gasteiger partial charge on any atom is -0.344 e. The van der Waals surface area contributed by atoms with Gasteiger partial charge in [-0.25, -0.2) is 20.0 Å². The van der Waals surface area contributed by atoms with Gasteiger partial charge in [-0.2, -0.15) is 0 Å².